The number of aliphatic carboxylic acids is 2. The fourth-order valence-electron chi connectivity index (χ4n) is 0. The molecule has 0 fully saturated rings. The minimum absolute atomic E-state index is 0. The number of carboxylic acid groups (broad SMARTS) is 2. The third kappa shape index (κ3) is 13.2. The minimum Gasteiger partial charge on any atom is -0.542 e. The average molecular weight is 322 g/mol. The number of rotatable bonds is 0. The van der Waals surface area contributed by atoms with Crippen LogP contribution in [0.15, 0.2) is 0 Å². The van der Waals surface area contributed by atoms with Crippen LogP contribution in [0.3, 0.4) is 0 Å². The van der Waals surface area contributed by atoms with Crippen LogP contribution in [0.25, 0.3) is 0 Å². The van der Waals surface area contributed by atoms with Crippen LogP contribution in [-0.4, -0.2) is 24.3 Å². The van der Waals surface area contributed by atoms with Gasteiger partial charge in [-0.1, -0.05) is 0 Å². The fourth-order valence-corrected chi connectivity index (χ4v) is 0. The summed E-state index contributed by atoms with van der Waals surface area (Å²) in [7, 11) is 0. The summed E-state index contributed by atoms with van der Waals surface area (Å²) < 4.78 is 63.1. The molecule has 0 heterocycles. The van der Waals surface area contributed by atoms with Crippen molar-refractivity contribution in [2.24, 2.45) is 0 Å². The molecule has 0 radical (unpaired) electrons. The first-order valence-electron chi connectivity index (χ1n) is 2.45. The summed E-state index contributed by atoms with van der Waals surface area (Å²) in [6, 6.07) is 0. The van der Waals surface area contributed by atoms with Crippen LogP contribution in [0, 0.1) is 0 Å². The van der Waals surface area contributed by atoms with Gasteiger partial charge in [-0.2, -0.15) is 26.3 Å². The van der Waals surface area contributed by atoms with E-state index in [1.54, 1.807) is 0 Å². The van der Waals surface area contributed by atoms with Crippen LogP contribution in [0.1, 0.15) is 0 Å². The molecule has 0 aromatic heterocycles. The van der Waals surface area contributed by atoms with Crippen molar-refractivity contribution in [2.75, 3.05) is 0 Å². The summed E-state index contributed by atoms with van der Waals surface area (Å²) in [6.45, 7) is 0. The molecule has 11 heteroatoms. The number of alkyl halides is 6. The van der Waals surface area contributed by atoms with Crippen molar-refractivity contribution in [3.8, 4) is 0 Å². The van der Waals surface area contributed by atoms with Gasteiger partial charge < -0.3 is 19.8 Å². The molecule has 0 aromatic carbocycles. The molecule has 15 heavy (non-hydrogen) atoms. The average Bonchev–Trinajstić information content (AvgIpc) is 1.83. The fraction of sp³-hybridized carbons (Fsp3) is 0.500. The van der Waals surface area contributed by atoms with Crippen molar-refractivity contribution < 1.29 is 67.2 Å². The Balaban J connectivity index is -0.000000180. The van der Waals surface area contributed by atoms with E-state index in [4.69, 9.17) is 19.8 Å². The molecule has 0 bridgehead atoms. The Bertz CT molecular complexity index is 196. The second kappa shape index (κ2) is 6.65. The first-order chi connectivity index (χ1) is 5.89. The summed E-state index contributed by atoms with van der Waals surface area (Å²) >= 11 is 0. The molecule has 0 spiro atoms. The van der Waals surface area contributed by atoms with Crippen molar-refractivity contribution in [3.63, 3.8) is 0 Å². The molecule has 0 aliphatic carbocycles. The normalized spacial score (nSPS) is 10.5. The van der Waals surface area contributed by atoms with Gasteiger partial charge in [0.1, 0.15) is 11.9 Å². The van der Waals surface area contributed by atoms with Crippen LogP contribution in [0.4, 0.5) is 26.3 Å². The van der Waals surface area contributed by atoms with Gasteiger partial charge in [0.05, 0.1) is 0 Å². The van der Waals surface area contributed by atoms with Crippen molar-refractivity contribution in [3.05, 3.63) is 0 Å². The van der Waals surface area contributed by atoms with Gasteiger partial charge in [-0.15, -0.1) is 0 Å². The van der Waals surface area contributed by atoms with Crippen LogP contribution < -0.4 is 10.2 Å². The molecule has 0 aromatic rings. The van der Waals surface area contributed by atoms with E-state index in [-0.39, 0.29) is 21.1 Å². The zero-order valence-corrected chi connectivity index (χ0v) is 8.32. The summed E-state index contributed by atoms with van der Waals surface area (Å²) in [5, 5.41) is 17.6. The molecule has 0 aliphatic heterocycles. The Morgan fingerprint density at radius 1 is 0.733 bits per heavy atom. The Kier molecular flexibility index (Phi) is 8.74. The van der Waals surface area contributed by atoms with Gasteiger partial charge in [-0.25, -0.2) is 0 Å². The molecule has 0 atom stereocenters. The number of hydrogen-bond acceptors (Lipinski definition) is 4. The smallest absolute Gasteiger partial charge is 0.542 e. The first-order valence-corrected chi connectivity index (χ1v) is 2.45. The van der Waals surface area contributed by atoms with Crippen LogP contribution in [0.2, 0.25) is 0 Å². The van der Waals surface area contributed by atoms with E-state index < -0.39 is 24.3 Å². The molecule has 0 rings (SSSR count). The molecule has 0 saturated carbocycles. The monoisotopic (exact) mass is 324 g/mol. The predicted molar refractivity (Wildman–Crippen MR) is 22.1 cm³/mol. The third-order valence-corrected chi connectivity index (χ3v) is 0.463. The van der Waals surface area contributed by atoms with E-state index in [0.717, 1.165) is 0 Å². The van der Waals surface area contributed by atoms with Crippen molar-refractivity contribution in [2.45, 2.75) is 12.4 Å². The maximum absolute atomic E-state index is 10.5. The van der Waals surface area contributed by atoms with Crippen LogP contribution in [0.5, 0.6) is 0 Å². The molecule has 88 valence electrons. The zero-order valence-electron chi connectivity index (χ0n) is 6.31. The summed E-state index contributed by atoms with van der Waals surface area (Å²) in [6.07, 6.45) is -10.4. The van der Waals surface area contributed by atoms with E-state index in [1.807, 2.05) is 0 Å². The van der Waals surface area contributed by atoms with Crippen LogP contribution >= 0.6 is 0 Å². The predicted octanol–water partition coefficient (Wildman–Crippen LogP) is -1.41. The second-order valence-electron chi connectivity index (χ2n) is 1.57. The Hall–Kier alpha value is -0.792. The van der Waals surface area contributed by atoms with E-state index >= 15 is 0 Å². The van der Waals surface area contributed by atoms with Crippen molar-refractivity contribution in [1.82, 2.24) is 0 Å². The topological polar surface area (TPSA) is 80.3 Å². The largest absolute Gasteiger partial charge is 2.00 e. The standard InChI is InChI=1S/2C2HF3O2.Mo/c2*3-2(4,5)1(6)7;/h2*(H,6,7);/q;;+2/p-2. The van der Waals surface area contributed by atoms with Crippen molar-refractivity contribution in [1.29, 1.82) is 0 Å². The molecule has 4 nitrogen and oxygen atoms in total. The van der Waals surface area contributed by atoms with Gasteiger partial charge in [0.2, 0.25) is 0 Å². The maximum atomic E-state index is 10.5. The number of carbonyl (C=O) groups excluding carboxylic acids is 2. The summed E-state index contributed by atoms with van der Waals surface area (Å²) in [5.41, 5.74) is 0. The Morgan fingerprint density at radius 3 is 0.800 bits per heavy atom. The maximum Gasteiger partial charge on any atom is 2.00 e. The number of hydrogen-bond donors (Lipinski definition) is 0. The van der Waals surface area contributed by atoms with Gasteiger partial charge in [0.25, 0.3) is 0 Å². The summed E-state index contributed by atoms with van der Waals surface area (Å²) in [4.78, 5) is 17.6. The molecule has 0 N–H and O–H groups in total. The SMILES string of the molecule is O=C([O-])C(F)(F)F.O=C([O-])C(F)(F)F.[Mo+2]. The van der Waals surface area contributed by atoms with Crippen LogP contribution in [-0.2, 0) is 30.7 Å². The molecular formula is C4F6MoO4. The molecule has 0 unspecified atom stereocenters. The molecular weight excluding hydrogens is 322 g/mol. The van der Waals surface area contributed by atoms with E-state index in [0.29, 0.717) is 0 Å². The molecule has 0 saturated heterocycles. The number of halogens is 6. The molecule has 0 amide bonds. The molecule has 0 aliphatic rings. The quantitative estimate of drug-likeness (QED) is 0.406. The third-order valence-electron chi connectivity index (χ3n) is 0.463. The van der Waals surface area contributed by atoms with Gasteiger partial charge in [0, 0.05) is 0 Å². The van der Waals surface area contributed by atoms with E-state index in [1.165, 1.54) is 0 Å². The Morgan fingerprint density at radius 2 is 0.800 bits per heavy atom. The van der Waals surface area contributed by atoms with Gasteiger partial charge in [0.15, 0.2) is 0 Å². The first kappa shape index (κ1) is 19.7. The van der Waals surface area contributed by atoms with Gasteiger partial charge in [-0.05, 0) is 0 Å². The van der Waals surface area contributed by atoms with Crippen molar-refractivity contribution >= 4 is 11.9 Å². The van der Waals surface area contributed by atoms with E-state index in [9.17, 15) is 26.3 Å². The second-order valence-corrected chi connectivity index (χ2v) is 1.57. The van der Waals surface area contributed by atoms with Gasteiger partial charge >= 0.3 is 33.4 Å². The minimum atomic E-state index is -5.19. The van der Waals surface area contributed by atoms with Gasteiger partial charge in [-0.3, -0.25) is 0 Å². The number of carbonyl (C=O) groups is 2. The zero-order chi connectivity index (χ0) is 12.2. The Labute approximate surface area is 92.1 Å². The van der Waals surface area contributed by atoms with E-state index in [2.05, 4.69) is 0 Å². The number of carboxylic acids is 2. The summed E-state index contributed by atoms with van der Waals surface area (Å²) in [5.74, 6) is -6.01.